The van der Waals surface area contributed by atoms with E-state index in [0.717, 1.165) is 53.4 Å². The van der Waals surface area contributed by atoms with Gasteiger partial charge in [-0.3, -0.25) is 4.79 Å². The molecule has 30 heavy (non-hydrogen) atoms. The fourth-order valence-corrected chi connectivity index (χ4v) is 4.40. The average molecular weight is 404 g/mol. The molecular weight excluding hydrogens is 374 g/mol. The maximum Gasteiger partial charge on any atom is 0.322 e. The molecular formula is C25H29N3O2. The van der Waals surface area contributed by atoms with E-state index in [4.69, 9.17) is 0 Å². The molecule has 1 saturated carbocycles. The molecule has 4 rings (SSSR count). The Bertz CT molecular complexity index is 1100. The van der Waals surface area contributed by atoms with E-state index in [9.17, 15) is 9.59 Å². The number of aromatic amines is 1. The van der Waals surface area contributed by atoms with E-state index in [1.165, 1.54) is 6.42 Å². The van der Waals surface area contributed by atoms with Crippen molar-refractivity contribution in [1.82, 2.24) is 9.88 Å². The predicted molar refractivity (Wildman–Crippen MR) is 122 cm³/mol. The first-order valence-electron chi connectivity index (χ1n) is 10.8. The molecule has 0 radical (unpaired) electrons. The minimum atomic E-state index is -0.145. The number of nitrogens with one attached hydrogen (secondary N) is 2. The number of para-hydroxylation sites is 1. The zero-order valence-corrected chi connectivity index (χ0v) is 17.7. The third-order valence-corrected chi connectivity index (χ3v) is 6.16. The van der Waals surface area contributed by atoms with Gasteiger partial charge in [-0.2, -0.15) is 0 Å². The Hall–Kier alpha value is -3.08. The van der Waals surface area contributed by atoms with Crippen molar-refractivity contribution in [2.45, 2.75) is 58.5 Å². The molecule has 0 saturated heterocycles. The van der Waals surface area contributed by atoms with Crippen LogP contribution in [0.2, 0.25) is 0 Å². The highest BCUT2D eigenvalue weighted by Gasteiger charge is 2.26. The van der Waals surface area contributed by atoms with E-state index in [1.54, 1.807) is 0 Å². The van der Waals surface area contributed by atoms with Crippen LogP contribution in [0.25, 0.3) is 10.9 Å². The first kappa shape index (κ1) is 20.2. The van der Waals surface area contributed by atoms with Gasteiger partial charge in [0.15, 0.2) is 0 Å². The second-order valence-electron chi connectivity index (χ2n) is 8.33. The van der Waals surface area contributed by atoms with E-state index in [-0.39, 0.29) is 17.6 Å². The first-order valence-corrected chi connectivity index (χ1v) is 10.8. The zero-order valence-electron chi connectivity index (χ0n) is 17.7. The lowest BCUT2D eigenvalue weighted by atomic mass is 9.94. The third kappa shape index (κ3) is 4.25. The summed E-state index contributed by atoms with van der Waals surface area (Å²) < 4.78 is 0. The fraction of sp³-hybridized carbons (Fsp3) is 0.360. The van der Waals surface area contributed by atoms with Crippen LogP contribution in [0, 0.1) is 13.8 Å². The highest BCUT2D eigenvalue weighted by molar-refractivity contribution is 5.90. The molecule has 1 aromatic heterocycles. The van der Waals surface area contributed by atoms with Gasteiger partial charge in [0.1, 0.15) is 0 Å². The van der Waals surface area contributed by atoms with Crippen LogP contribution in [0.1, 0.15) is 48.8 Å². The fourth-order valence-electron chi connectivity index (χ4n) is 4.40. The van der Waals surface area contributed by atoms with Gasteiger partial charge in [-0.25, -0.2) is 4.79 Å². The Balaban J connectivity index is 1.67. The van der Waals surface area contributed by atoms with Gasteiger partial charge in [-0.1, -0.05) is 49.6 Å². The van der Waals surface area contributed by atoms with Gasteiger partial charge in [-0.05, 0) is 56.0 Å². The summed E-state index contributed by atoms with van der Waals surface area (Å²) in [5, 5.41) is 4.05. The number of amides is 2. The zero-order chi connectivity index (χ0) is 21.1. The molecule has 0 bridgehead atoms. The maximum atomic E-state index is 13.2. The molecule has 2 aromatic carbocycles. The van der Waals surface area contributed by atoms with Gasteiger partial charge >= 0.3 is 6.03 Å². The number of pyridine rings is 1. The maximum absolute atomic E-state index is 13.2. The molecule has 1 aliphatic carbocycles. The number of nitrogens with zero attached hydrogens (tertiary/aromatic N) is 1. The Kier molecular flexibility index (Phi) is 5.88. The molecule has 1 heterocycles. The minimum absolute atomic E-state index is 0.121. The Morgan fingerprint density at radius 1 is 1.03 bits per heavy atom. The number of benzene rings is 2. The summed E-state index contributed by atoms with van der Waals surface area (Å²) in [5.41, 5.74) is 4.31. The lowest BCUT2D eigenvalue weighted by Crippen LogP contribution is -2.44. The van der Waals surface area contributed by atoms with Crippen molar-refractivity contribution in [3.63, 3.8) is 0 Å². The number of anilines is 1. The van der Waals surface area contributed by atoms with Gasteiger partial charge in [0, 0.05) is 22.7 Å². The summed E-state index contributed by atoms with van der Waals surface area (Å²) >= 11 is 0. The van der Waals surface area contributed by atoms with Crippen LogP contribution in [0.4, 0.5) is 10.5 Å². The highest BCUT2D eigenvalue weighted by Crippen LogP contribution is 2.26. The normalized spacial score (nSPS) is 14.6. The van der Waals surface area contributed by atoms with Crippen LogP contribution in [-0.2, 0) is 6.54 Å². The van der Waals surface area contributed by atoms with Crippen LogP contribution < -0.4 is 10.9 Å². The van der Waals surface area contributed by atoms with E-state index < -0.39 is 0 Å². The number of hydrogen-bond acceptors (Lipinski definition) is 2. The summed E-state index contributed by atoms with van der Waals surface area (Å²) in [6.45, 7) is 4.35. The largest absolute Gasteiger partial charge is 0.322 e. The molecule has 5 heteroatoms. The second-order valence-corrected chi connectivity index (χ2v) is 8.33. The van der Waals surface area contributed by atoms with Crippen molar-refractivity contribution in [1.29, 1.82) is 0 Å². The van der Waals surface area contributed by atoms with Crippen LogP contribution in [0.5, 0.6) is 0 Å². The van der Waals surface area contributed by atoms with E-state index >= 15 is 0 Å². The lowest BCUT2D eigenvalue weighted by Gasteiger charge is -2.34. The number of rotatable bonds is 4. The molecule has 0 spiro atoms. The van der Waals surface area contributed by atoms with E-state index in [2.05, 4.69) is 16.4 Å². The molecule has 2 N–H and O–H groups in total. The van der Waals surface area contributed by atoms with Crippen LogP contribution in [0.3, 0.4) is 0 Å². The Morgan fingerprint density at radius 2 is 1.73 bits per heavy atom. The number of carbonyl (C=O) groups is 1. The van der Waals surface area contributed by atoms with Crippen molar-refractivity contribution in [2.24, 2.45) is 0 Å². The van der Waals surface area contributed by atoms with E-state index in [0.29, 0.717) is 12.1 Å². The number of aryl methyl sites for hydroxylation is 2. The number of H-pyrrole nitrogens is 1. The molecule has 0 atom stereocenters. The summed E-state index contributed by atoms with van der Waals surface area (Å²) in [4.78, 5) is 31.0. The van der Waals surface area contributed by atoms with Gasteiger partial charge in [-0.15, -0.1) is 0 Å². The number of fused-ring (bicyclic) bond motifs is 1. The van der Waals surface area contributed by atoms with Crippen molar-refractivity contribution >= 4 is 22.6 Å². The topological polar surface area (TPSA) is 65.2 Å². The SMILES string of the molecule is Cc1ccc(C)c2[nH]c(=O)c(CN(C(=O)Nc3ccccc3)C3CCCCC3)cc12. The monoisotopic (exact) mass is 403 g/mol. The molecule has 1 fully saturated rings. The molecule has 0 unspecified atom stereocenters. The highest BCUT2D eigenvalue weighted by atomic mass is 16.2. The summed E-state index contributed by atoms with van der Waals surface area (Å²) in [5.74, 6) is 0. The van der Waals surface area contributed by atoms with Gasteiger partial charge in [0.2, 0.25) is 0 Å². The van der Waals surface area contributed by atoms with Gasteiger partial charge in [0.05, 0.1) is 12.1 Å². The number of carbonyl (C=O) groups excluding carboxylic acids is 1. The molecule has 0 aliphatic heterocycles. The van der Waals surface area contributed by atoms with Gasteiger partial charge < -0.3 is 15.2 Å². The van der Waals surface area contributed by atoms with Crippen molar-refractivity contribution in [3.8, 4) is 0 Å². The first-order chi connectivity index (χ1) is 14.5. The number of aromatic nitrogens is 1. The van der Waals surface area contributed by atoms with Crippen molar-refractivity contribution < 1.29 is 4.79 Å². The average Bonchev–Trinajstić information content (AvgIpc) is 2.76. The number of urea groups is 1. The van der Waals surface area contributed by atoms with Crippen molar-refractivity contribution in [3.05, 3.63) is 75.6 Å². The predicted octanol–water partition coefficient (Wildman–Crippen LogP) is 5.51. The van der Waals surface area contributed by atoms with Crippen molar-refractivity contribution in [2.75, 3.05) is 5.32 Å². The Labute approximate surface area is 177 Å². The molecule has 3 aromatic rings. The molecule has 156 valence electrons. The standard InChI is InChI=1S/C25H29N3O2/c1-17-13-14-18(2)23-22(17)15-19(24(29)27-23)16-28(21-11-7-4-8-12-21)25(30)26-20-9-5-3-6-10-20/h3,5-6,9-10,13-15,21H,4,7-8,11-12,16H2,1-2H3,(H,26,30)(H,27,29). The van der Waals surface area contributed by atoms with Gasteiger partial charge in [0.25, 0.3) is 5.56 Å². The summed E-state index contributed by atoms with van der Waals surface area (Å²) in [6, 6.07) is 15.5. The summed E-state index contributed by atoms with van der Waals surface area (Å²) in [6.07, 6.45) is 5.40. The second kappa shape index (κ2) is 8.74. The Morgan fingerprint density at radius 3 is 2.47 bits per heavy atom. The van der Waals surface area contributed by atoms with Crippen LogP contribution in [0.15, 0.2) is 53.3 Å². The quantitative estimate of drug-likeness (QED) is 0.603. The van der Waals surface area contributed by atoms with Crippen LogP contribution in [-0.4, -0.2) is 22.0 Å². The number of hydrogen-bond donors (Lipinski definition) is 2. The molecule has 2 amide bonds. The molecule has 5 nitrogen and oxygen atoms in total. The third-order valence-electron chi connectivity index (χ3n) is 6.16. The van der Waals surface area contributed by atoms with E-state index in [1.807, 2.05) is 61.2 Å². The molecule has 1 aliphatic rings. The smallest absolute Gasteiger partial charge is 0.321 e. The lowest BCUT2D eigenvalue weighted by molar-refractivity contribution is 0.162. The van der Waals surface area contributed by atoms with Crippen LogP contribution >= 0.6 is 0 Å². The minimum Gasteiger partial charge on any atom is -0.321 e. The summed E-state index contributed by atoms with van der Waals surface area (Å²) in [7, 11) is 0.